The fourth-order valence-corrected chi connectivity index (χ4v) is 2.12. The normalized spacial score (nSPS) is 15.1. The van der Waals surface area contributed by atoms with E-state index in [1.165, 1.54) is 12.1 Å². The minimum absolute atomic E-state index is 0.180. The molecule has 4 nitrogen and oxygen atoms in total. The number of carbonyl (C=O) groups is 1. The van der Waals surface area contributed by atoms with Crippen LogP contribution < -0.4 is 0 Å². The minimum atomic E-state index is -4.76. The van der Waals surface area contributed by atoms with Crippen molar-refractivity contribution in [2.75, 3.05) is 0 Å². The second-order valence-electron chi connectivity index (χ2n) is 3.78. The maximum atomic E-state index is 12.7. The Morgan fingerprint density at radius 2 is 2.17 bits per heavy atom. The largest absolute Gasteiger partial charge is 0.398 e. The van der Waals surface area contributed by atoms with Gasteiger partial charge in [0.05, 0.1) is 4.88 Å². The molecule has 100 valence electrons. The summed E-state index contributed by atoms with van der Waals surface area (Å²) in [4.78, 5) is 21.2. The van der Waals surface area contributed by atoms with Gasteiger partial charge in [-0.15, -0.1) is 11.3 Å². The quantitative estimate of drug-likeness (QED) is 0.473. The van der Waals surface area contributed by atoms with E-state index in [-0.39, 0.29) is 4.88 Å². The molecular formula is C10H10F3NO3S. The molecule has 8 heteroatoms. The van der Waals surface area contributed by atoms with Crippen LogP contribution in [0.2, 0.25) is 0 Å². The van der Waals surface area contributed by atoms with E-state index < -0.39 is 35.3 Å². The molecule has 1 rings (SSSR count). The lowest BCUT2D eigenvalue weighted by Crippen LogP contribution is -2.38. The third-order valence-electron chi connectivity index (χ3n) is 2.54. The molecule has 0 radical (unpaired) electrons. The van der Waals surface area contributed by atoms with Gasteiger partial charge in [-0.1, -0.05) is 6.07 Å². The Labute approximate surface area is 105 Å². The number of hydrogen-bond donors (Lipinski definition) is 0. The summed E-state index contributed by atoms with van der Waals surface area (Å²) in [5.74, 6) is -2.98. The van der Waals surface area contributed by atoms with Crippen LogP contribution in [-0.4, -0.2) is 22.9 Å². The first-order valence-corrected chi connectivity index (χ1v) is 5.88. The van der Waals surface area contributed by atoms with E-state index >= 15 is 0 Å². The molecule has 1 aromatic heterocycles. The molecule has 0 aliphatic heterocycles. The molecule has 0 N–H and O–H groups in total. The number of Topliss-reactive ketones (excluding diaryl/α,β-unsaturated/α-hetero) is 1. The predicted octanol–water partition coefficient (Wildman–Crippen LogP) is 3.16. The predicted molar refractivity (Wildman–Crippen MR) is 59.3 cm³/mol. The average molecular weight is 281 g/mol. The van der Waals surface area contributed by atoms with Crippen molar-refractivity contribution in [3.8, 4) is 0 Å². The van der Waals surface area contributed by atoms with Crippen LogP contribution in [0.1, 0.15) is 23.0 Å². The molecule has 2 atom stereocenters. The number of ketones is 1. The van der Waals surface area contributed by atoms with Gasteiger partial charge in [0.2, 0.25) is 6.04 Å². The van der Waals surface area contributed by atoms with E-state index in [2.05, 4.69) is 0 Å². The Hall–Kier alpha value is -1.44. The number of nitro groups is 1. The summed E-state index contributed by atoms with van der Waals surface area (Å²) in [5, 5.41) is 12.0. The molecule has 0 saturated carbocycles. The summed E-state index contributed by atoms with van der Waals surface area (Å²) in [7, 11) is 0. The summed E-state index contributed by atoms with van der Waals surface area (Å²) in [5.41, 5.74) is 0. The van der Waals surface area contributed by atoms with Gasteiger partial charge < -0.3 is 0 Å². The van der Waals surface area contributed by atoms with Crippen LogP contribution in [0, 0.1) is 16.0 Å². The number of thiophene rings is 1. The molecule has 0 fully saturated rings. The molecule has 0 saturated heterocycles. The molecule has 1 aromatic rings. The van der Waals surface area contributed by atoms with E-state index in [4.69, 9.17) is 0 Å². The van der Waals surface area contributed by atoms with Crippen molar-refractivity contribution in [1.29, 1.82) is 0 Å². The van der Waals surface area contributed by atoms with Gasteiger partial charge in [0.15, 0.2) is 5.78 Å². The molecule has 18 heavy (non-hydrogen) atoms. The van der Waals surface area contributed by atoms with E-state index in [1.807, 2.05) is 0 Å². The van der Waals surface area contributed by atoms with Crippen molar-refractivity contribution in [3.63, 3.8) is 0 Å². The summed E-state index contributed by atoms with van der Waals surface area (Å²) < 4.78 is 38.0. The highest BCUT2D eigenvalue weighted by atomic mass is 32.1. The van der Waals surface area contributed by atoms with Crippen molar-refractivity contribution >= 4 is 17.1 Å². The van der Waals surface area contributed by atoms with Gasteiger partial charge in [0, 0.05) is 18.3 Å². The van der Waals surface area contributed by atoms with Gasteiger partial charge in [0.25, 0.3) is 0 Å². The molecular weight excluding hydrogens is 271 g/mol. The topological polar surface area (TPSA) is 60.2 Å². The maximum Gasteiger partial charge on any atom is 0.398 e. The second-order valence-corrected chi connectivity index (χ2v) is 4.73. The second kappa shape index (κ2) is 5.47. The molecule has 2 unspecified atom stereocenters. The maximum absolute atomic E-state index is 12.7. The van der Waals surface area contributed by atoms with Gasteiger partial charge >= 0.3 is 6.18 Å². The van der Waals surface area contributed by atoms with Crippen LogP contribution in [0.5, 0.6) is 0 Å². The number of hydrogen-bond acceptors (Lipinski definition) is 4. The zero-order chi connectivity index (χ0) is 13.9. The lowest BCUT2D eigenvalue weighted by molar-refractivity contribution is -0.536. The molecule has 0 bridgehead atoms. The van der Waals surface area contributed by atoms with E-state index in [9.17, 15) is 28.1 Å². The summed E-state index contributed by atoms with van der Waals surface area (Å²) in [6.07, 6.45) is -5.66. The summed E-state index contributed by atoms with van der Waals surface area (Å²) in [6, 6.07) is 1.10. The van der Waals surface area contributed by atoms with Gasteiger partial charge in [-0.2, -0.15) is 13.2 Å². The van der Waals surface area contributed by atoms with Gasteiger partial charge in [-0.25, -0.2) is 0 Å². The third-order valence-corrected chi connectivity index (χ3v) is 3.45. The smallest absolute Gasteiger partial charge is 0.293 e. The molecule has 0 spiro atoms. The Kier molecular flexibility index (Phi) is 4.44. The Balaban J connectivity index is 2.86. The van der Waals surface area contributed by atoms with Gasteiger partial charge in [0.1, 0.15) is 5.92 Å². The fraction of sp³-hybridized carbons (Fsp3) is 0.500. The van der Waals surface area contributed by atoms with Crippen LogP contribution in [0.3, 0.4) is 0 Å². The number of alkyl halides is 3. The highest BCUT2D eigenvalue weighted by molar-refractivity contribution is 7.12. The van der Waals surface area contributed by atoms with Gasteiger partial charge in [-0.05, 0) is 11.4 Å². The Bertz CT molecular complexity index is 430. The van der Waals surface area contributed by atoms with E-state index in [0.29, 0.717) is 0 Å². The summed E-state index contributed by atoms with van der Waals surface area (Å²) >= 11 is 1.02. The van der Waals surface area contributed by atoms with Crippen molar-refractivity contribution in [2.24, 2.45) is 5.92 Å². The zero-order valence-corrected chi connectivity index (χ0v) is 10.1. The van der Waals surface area contributed by atoms with Gasteiger partial charge in [-0.3, -0.25) is 14.9 Å². The van der Waals surface area contributed by atoms with E-state index in [1.54, 1.807) is 5.38 Å². The summed E-state index contributed by atoms with van der Waals surface area (Å²) in [6.45, 7) is 0.861. The highest BCUT2D eigenvalue weighted by Crippen LogP contribution is 2.33. The SMILES string of the molecule is CC(C(CC(=O)c1cccs1)C(F)(F)F)[N+](=O)[O-]. The molecule has 0 aliphatic rings. The first-order chi connectivity index (χ1) is 8.23. The Morgan fingerprint density at radius 3 is 2.56 bits per heavy atom. The van der Waals surface area contributed by atoms with Crippen LogP contribution in [0.25, 0.3) is 0 Å². The van der Waals surface area contributed by atoms with Crippen LogP contribution in [0.4, 0.5) is 13.2 Å². The monoisotopic (exact) mass is 281 g/mol. The lowest BCUT2D eigenvalue weighted by atomic mass is 9.94. The van der Waals surface area contributed by atoms with Crippen LogP contribution in [-0.2, 0) is 0 Å². The first-order valence-electron chi connectivity index (χ1n) is 5.00. The van der Waals surface area contributed by atoms with Crippen molar-refractivity contribution < 1.29 is 22.9 Å². The molecule has 1 heterocycles. The van der Waals surface area contributed by atoms with Crippen LogP contribution >= 0.6 is 11.3 Å². The fourth-order valence-electron chi connectivity index (χ4n) is 1.44. The third kappa shape index (κ3) is 3.52. The standard InChI is InChI=1S/C10H10F3NO3S/c1-6(14(16)17)7(10(11,12)13)5-8(15)9-3-2-4-18-9/h2-4,6-7H,5H2,1H3. The average Bonchev–Trinajstić information content (AvgIpc) is 2.76. The number of rotatable bonds is 5. The van der Waals surface area contributed by atoms with Crippen molar-refractivity contribution in [1.82, 2.24) is 0 Å². The van der Waals surface area contributed by atoms with Crippen LogP contribution in [0.15, 0.2) is 17.5 Å². The number of halogens is 3. The minimum Gasteiger partial charge on any atom is -0.293 e. The molecule has 0 aromatic carbocycles. The zero-order valence-electron chi connectivity index (χ0n) is 9.31. The molecule has 0 aliphatic carbocycles. The van der Waals surface area contributed by atoms with E-state index in [0.717, 1.165) is 18.3 Å². The first kappa shape index (κ1) is 14.6. The highest BCUT2D eigenvalue weighted by Gasteiger charge is 2.49. The molecule has 0 amide bonds. The lowest BCUT2D eigenvalue weighted by Gasteiger charge is -2.20. The van der Waals surface area contributed by atoms with Crippen molar-refractivity contribution in [2.45, 2.75) is 25.6 Å². The number of carbonyl (C=O) groups excluding carboxylic acids is 1. The Morgan fingerprint density at radius 1 is 1.56 bits per heavy atom. The van der Waals surface area contributed by atoms with Crippen molar-refractivity contribution in [3.05, 3.63) is 32.5 Å². The number of nitrogens with zero attached hydrogens (tertiary/aromatic N) is 1.